The number of rotatable bonds is 12. The SMILES string of the molecule is C.C.O=C(Nc1cn(C2CCC(CO)CC2)nc1C(F)F)c1coc(-c2ccncc2)n1.O=CC1CCC(n2cc(NC(=O)c3coc(-c4ccncc4)n3)c(C(F)F)n2)CC1. The summed E-state index contributed by atoms with van der Waals surface area (Å²) in [5.74, 6) is -0.637. The summed E-state index contributed by atoms with van der Waals surface area (Å²) in [6, 6.07) is 6.57. The van der Waals surface area contributed by atoms with Crippen molar-refractivity contribution in [1.82, 2.24) is 39.5 Å². The third-order valence-corrected chi connectivity index (χ3v) is 10.5. The molecule has 16 nitrogen and oxygen atoms in total. The van der Waals surface area contributed by atoms with Crippen LogP contribution in [0, 0.1) is 11.8 Å². The molecule has 6 heterocycles. The van der Waals surface area contributed by atoms with Gasteiger partial charge in [-0.25, -0.2) is 27.5 Å². The van der Waals surface area contributed by atoms with E-state index < -0.39 is 36.1 Å². The van der Waals surface area contributed by atoms with E-state index in [-0.39, 0.29) is 79.9 Å². The van der Waals surface area contributed by atoms with Crippen molar-refractivity contribution < 1.29 is 45.9 Å². The van der Waals surface area contributed by atoms with E-state index in [0.717, 1.165) is 38.2 Å². The van der Waals surface area contributed by atoms with E-state index in [2.05, 4.69) is 40.8 Å². The average molecular weight is 865 g/mol. The molecule has 6 aromatic rings. The minimum absolute atomic E-state index is 0. The van der Waals surface area contributed by atoms with Crippen LogP contribution >= 0.6 is 0 Å². The predicted molar refractivity (Wildman–Crippen MR) is 218 cm³/mol. The van der Waals surface area contributed by atoms with Crippen LogP contribution in [0.5, 0.6) is 0 Å². The highest BCUT2D eigenvalue weighted by Gasteiger charge is 2.29. The van der Waals surface area contributed by atoms with Gasteiger partial charge >= 0.3 is 0 Å². The van der Waals surface area contributed by atoms with Crippen molar-refractivity contribution in [3.63, 3.8) is 0 Å². The van der Waals surface area contributed by atoms with Crippen molar-refractivity contribution >= 4 is 29.5 Å². The Hall–Kier alpha value is -6.57. The van der Waals surface area contributed by atoms with Gasteiger partial charge in [-0.3, -0.25) is 28.9 Å². The van der Waals surface area contributed by atoms with E-state index in [0.29, 0.717) is 36.8 Å². The standard InChI is InChI=1S/C20H21F2N5O3.C20H19F2N5O3.2CH4/c2*21-18(22)17-15(9-27(26-17)14-3-1-12(10-28)2-4-14)24-19(29)16-11-30-20(25-16)13-5-7-23-8-6-13;;/h5-9,11-12,14,18,28H,1-4,10H2,(H,24,29);5-12,14,18H,1-4H2,(H,24,29);2*1H4. The molecule has 2 amide bonds. The van der Waals surface area contributed by atoms with Gasteiger partial charge in [0.05, 0.1) is 23.5 Å². The number of carbonyl (C=O) groups excluding carboxylic acids is 3. The fourth-order valence-corrected chi connectivity index (χ4v) is 7.18. The molecule has 0 bridgehead atoms. The smallest absolute Gasteiger partial charge is 0.284 e. The van der Waals surface area contributed by atoms with Crippen molar-refractivity contribution in [2.45, 2.75) is 91.2 Å². The van der Waals surface area contributed by atoms with Crippen molar-refractivity contribution in [2.75, 3.05) is 17.2 Å². The van der Waals surface area contributed by atoms with E-state index in [9.17, 15) is 37.1 Å². The minimum atomic E-state index is -2.85. The third kappa shape index (κ3) is 11.0. The second-order valence-corrected chi connectivity index (χ2v) is 14.4. The zero-order chi connectivity index (χ0) is 42.2. The lowest BCUT2D eigenvalue weighted by molar-refractivity contribution is -0.112. The maximum absolute atomic E-state index is 13.5. The van der Waals surface area contributed by atoms with Crippen molar-refractivity contribution in [2.24, 2.45) is 11.8 Å². The fraction of sp³-hybridized carbons (Fsp3) is 0.405. The molecule has 0 aromatic carbocycles. The number of nitrogens with zero attached hydrogens (tertiary/aromatic N) is 8. The van der Waals surface area contributed by atoms with Gasteiger partial charge in [0, 0.05) is 60.8 Å². The number of hydrogen-bond donors (Lipinski definition) is 3. The normalized spacial score (nSPS) is 18.5. The summed E-state index contributed by atoms with van der Waals surface area (Å²) >= 11 is 0. The highest BCUT2D eigenvalue weighted by atomic mass is 19.3. The number of nitrogens with one attached hydrogen (secondary N) is 2. The van der Waals surface area contributed by atoms with Crippen LogP contribution in [-0.4, -0.2) is 69.3 Å². The molecule has 20 heteroatoms. The number of aliphatic hydroxyl groups excluding tert-OH is 1. The molecule has 0 radical (unpaired) electrons. The van der Waals surface area contributed by atoms with Crippen LogP contribution in [0.15, 0.2) is 82.8 Å². The summed E-state index contributed by atoms with van der Waals surface area (Å²) in [5.41, 5.74) is 0.108. The van der Waals surface area contributed by atoms with E-state index >= 15 is 0 Å². The first-order valence-corrected chi connectivity index (χ1v) is 19.2. The lowest BCUT2D eigenvalue weighted by Crippen LogP contribution is -2.20. The van der Waals surface area contributed by atoms with Gasteiger partial charge in [0.25, 0.3) is 24.7 Å². The second-order valence-electron chi connectivity index (χ2n) is 14.4. The maximum Gasteiger partial charge on any atom is 0.284 e. The highest BCUT2D eigenvalue weighted by Crippen LogP contribution is 2.36. The van der Waals surface area contributed by atoms with Gasteiger partial charge in [-0.15, -0.1) is 0 Å². The molecule has 2 saturated carbocycles. The Bertz CT molecular complexity index is 2350. The van der Waals surface area contributed by atoms with Gasteiger partial charge in [0.1, 0.15) is 18.8 Å². The molecule has 2 aliphatic rings. The number of oxazole rings is 2. The molecule has 2 aliphatic carbocycles. The predicted octanol–water partition coefficient (Wildman–Crippen LogP) is 9.17. The lowest BCUT2D eigenvalue weighted by atomic mass is 9.87. The summed E-state index contributed by atoms with van der Waals surface area (Å²) in [5, 5.41) is 22.2. The van der Waals surface area contributed by atoms with E-state index in [1.165, 1.54) is 28.0 Å². The van der Waals surface area contributed by atoms with Crippen LogP contribution in [0.3, 0.4) is 0 Å². The zero-order valence-electron chi connectivity index (χ0n) is 31.9. The number of anilines is 2. The van der Waals surface area contributed by atoms with Crippen molar-refractivity contribution in [3.05, 3.63) is 96.7 Å². The van der Waals surface area contributed by atoms with Gasteiger partial charge in [-0.05, 0) is 81.5 Å². The van der Waals surface area contributed by atoms with E-state index in [1.807, 2.05) is 0 Å². The zero-order valence-corrected chi connectivity index (χ0v) is 31.9. The fourth-order valence-electron chi connectivity index (χ4n) is 7.18. The molecular weight excluding hydrogens is 817 g/mol. The maximum atomic E-state index is 13.5. The molecule has 0 saturated heterocycles. The Labute approximate surface area is 354 Å². The summed E-state index contributed by atoms with van der Waals surface area (Å²) in [6.07, 6.45) is 12.5. The number of halogens is 4. The molecule has 62 heavy (non-hydrogen) atoms. The molecule has 8 rings (SSSR count). The van der Waals surface area contributed by atoms with Crippen LogP contribution < -0.4 is 10.6 Å². The molecule has 0 spiro atoms. The molecule has 6 aromatic heterocycles. The number of hydrogen-bond acceptors (Lipinski definition) is 12. The Kier molecular flexibility index (Phi) is 16.0. The topological polar surface area (TPSA) is 209 Å². The van der Waals surface area contributed by atoms with Gasteiger partial charge in [-0.1, -0.05) is 14.9 Å². The average Bonchev–Trinajstić information content (AvgIpc) is 4.12. The molecule has 0 atom stereocenters. The van der Waals surface area contributed by atoms with Crippen molar-refractivity contribution in [1.29, 1.82) is 0 Å². The quantitative estimate of drug-likeness (QED) is 0.0777. The first-order chi connectivity index (χ1) is 29.1. The monoisotopic (exact) mass is 864 g/mol. The van der Waals surface area contributed by atoms with Crippen LogP contribution in [0.25, 0.3) is 22.9 Å². The highest BCUT2D eigenvalue weighted by molar-refractivity contribution is 6.03. The van der Waals surface area contributed by atoms with Crippen LogP contribution in [0.4, 0.5) is 28.9 Å². The lowest BCUT2D eigenvalue weighted by Gasteiger charge is -2.27. The number of carbonyl (C=O) groups is 3. The van der Waals surface area contributed by atoms with Gasteiger partial charge < -0.3 is 29.4 Å². The van der Waals surface area contributed by atoms with E-state index in [4.69, 9.17) is 8.83 Å². The number of alkyl halides is 4. The Balaban J connectivity index is 0.000000227. The molecule has 2 fully saturated rings. The molecule has 330 valence electrons. The first kappa shape index (κ1) is 46.5. The number of pyridine rings is 2. The summed E-state index contributed by atoms with van der Waals surface area (Å²) < 4.78 is 67.6. The Morgan fingerprint density at radius 3 is 1.47 bits per heavy atom. The number of amides is 2. The summed E-state index contributed by atoms with van der Waals surface area (Å²) in [7, 11) is 0. The second kappa shape index (κ2) is 21.3. The summed E-state index contributed by atoms with van der Waals surface area (Å²) in [6.45, 7) is 0.134. The van der Waals surface area contributed by atoms with Crippen molar-refractivity contribution in [3.8, 4) is 22.9 Å². The van der Waals surface area contributed by atoms with Gasteiger partial charge in [0.15, 0.2) is 22.8 Å². The minimum Gasteiger partial charge on any atom is -0.444 e. The molecule has 0 unspecified atom stereocenters. The first-order valence-electron chi connectivity index (χ1n) is 19.2. The van der Waals surface area contributed by atoms with Crippen LogP contribution in [0.1, 0.15) is 124 Å². The molecular formula is C42H48F4N10O6. The Morgan fingerprint density at radius 1 is 0.694 bits per heavy atom. The van der Waals surface area contributed by atoms with Gasteiger partial charge in [-0.2, -0.15) is 10.2 Å². The largest absolute Gasteiger partial charge is 0.444 e. The number of aliphatic hydroxyl groups is 1. The van der Waals surface area contributed by atoms with Crippen LogP contribution in [-0.2, 0) is 4.79 Å². The third-order valence-electron chi connectivity index (χ3n) is 10.5. The molecule has 0 aliphatic heterocycles. The van der Waals surface area contributed by atoms with Crippen LogP contribution in [0.2, 0.25) is 0 Å². The number of aldehydes is 1. The number of aromatic nitrogens is 8. The molecule has 3 N–H and O–H groups in total. The summed E-state index contributed by atoms with van der Waals surface area (Å²) in [4.78, 5) is 52.0. The van der Waals surface area contributed by atoms with Gasteiger partial charge in [0.2, 0.25) is 11.8 Å². The van der Waals surface area contributed by atoms with E-state index in [1.54, 1.807) is 49.1 Å². The Morgan fingerprint density at radius 2 is 1.10 bits per heavy atom.